The molecule has 4 aliphatic carbocycles. The fourth-order valence-electron chi connectivity index (χ4n) is 9.96. The lowest BCUT2D eigenvalue weighted by Crippen LogP contribution is -2.31. The third-order valence-electron chi connectivity index (χ3n) is 13.6. The SMILES string of the molecule is Cc1ccc(S(=O)(=O)NCC2=C(CCC3=C(CNS(=O)(=O)c4ccc(C)cc4)C4CCC3(C)C4(C)C)C3(C)CCC2C3(C)C)cc1. The number of rotatable bonds is 11. The molecule has 0 saturated heterocycles. The normalized spacial score (nSPS) is 29.7. The Hall–Kier alpha value is -2.26. The van der Waals surface area contributed by atoms with Gasteiger partial charge in [0.25, 0.3) is 0 Å². The third-order valence-corrected chi connectivity index (χ3v) is 16.4. The van der Waals surface area contributed by atoms with Gasteiger partial charge in [-0.3, -0.25) is 0 Å². The smallest absolute Gasteiger partial charge is 0.207 e. The van der Waals surface area contributed by atoms with Crippen molar-refractivity contribution in [1.29, 1.82) is 0 Å². The molecule has 250 valence electrons. The summed E-state index contributed by atoms with van der Waals surface area (Å²) in [6, 6.07) is 14.1. The Kier molecular flexibility index (Phi) is 8.15. The minimum absolute atomic E-state index is 0.00406. The number of hydrogen-bond acceptors (Lipinski definition) is 4. The first-order valence-corrected chi connectivity index (χ1v) is 19.9. The van der Waals surface area contributed by atoms with E-state index in [0.717, 1.165) is 49.7 Å². The van der Waals surface area contributed by atoms with Crippen LogP contribution in [0.4, 0.5) is 0 Å². The molecule has 2 fully saturated rings. The van der Waals surface area contributed by atoms with Crippen LogP contribution in [0.5, 0.6) is 0 Å². The van der Waals surface area contributed by atoms with Crippen LogP contribution in [0.15, 0.2) is 80.6 Å². The van der Waals surface area contributed by atoms with Gasteiger partial charge in [0.15, 0.2) is 0 Å². The molecule has 2 aromatic rings. The summed E-state index contributed by atoms with van der Waals surface area (Å²) < 4.78 is 59.3. The van der Waals surface area contributed by atoms with Gasteiger partial charge in [-0.2, -0.15) is 0 Å². The molecular formula is C38H52N2O4S2. The molecule has 2 N–H and O–H groups in total. The number of nitrogens with one attached hydrogen (secondary N) is 2. The summed E-state index contributed by atoms with van der Waals surface area (Å²) >= 11 is 0. The van der Waals surface area contributed by atoms with Gasteiger partial charge >= 0.3 is 0 Å². The lowest BCUT2D eigenvalue weighted by molar-refractivity contribution is 0.160. The summed E-state index contributed by atoms with van der Waals surface area (Å²) in [4.78, 5) is 0.600. The highest BCUT2D eigenvalue weighted by Gasteiger charge is 2.62. The van der Waals surface area contributed by atoms with Crippen LogP contribution >= 0.6 is 0 Å². The second kappa shape index (κ2) is 11.1. The van der Waals surface area contributed by atoms with Crippen LogP contribution in [0.3, 0.4) is 0 Å². The van der Waals surface area contributed by atoms with Gasteiger partial charge in [-0.1, -0.05) is 99.2 Å². The van der Waals surface area contributed by atoms with Crippen LogP contribution in [0.1, 0.15) is 91.2 Å². The van der Waals surface area contributed by atoms with E-state index in [4.69, 9.17) is 0 Å². The molecule has 8 heteroatoms. The van der Waals surface area contributed by atoms with Crippen molar-refractivity contribution < 1.29 is 16.8 Å². The largest absolute Gasteiger partial charge is 0.240 e. The van der Waals surface area contributed by atoms with E-state index >= 15 is 0 Å². The van der Waals surface area contributed by atoms with Gasteiger partial charge in [0.2, 0.25) is 20.0 Å². The van der Waals surface area contributed by atoms with Crippen molar-refractivity contribution in [3.63, 3.8) is 0 Å². The predicted molar refractivity (Wildman–Crippen MR) is 185 cm³/mol. The molecule has 4 unspecified atom stereocenters. The fourth-order valence-corrected chi connectivity index (χ4v) is 12.0. The highest BCUT2D eigenvalue weighted by Crippen LogP contribution is 2.71. The van der Waals surface area contributed by atoms with Gasteiger partial charge in [-0.05, 0) is 110 Å². The molecule has 0 spiro atoms. The minimum atomic E-state index is -3.64. The summed E-state index contributed by atoms with van der Waals surface area (Å²) in [5, 5.41) is 0. The van der Waals surface area contributed by atoms with E-state index in [-0.39, 0.29) is 21.7 Å². The maximum Gasteiger partial charge on any atom is 0.240 e. The molecule has 6 nitrogen and oxygen atoms in total. The molecule has 6 rings (SSSR count). The quantitative estimate of drug-likeness (QED) is 0.240. The Balaban J connectivity index is 1.30. The first-order chi connectivity index (χ1) is 21.3. The molecule has 2 saturated carbocycles. The molecule has 46 heavy (non-hydrogen) atoms. The number of hydrogen-bond donors (Lipinski definition) is 2. The van der Waals surface area contributed by atoms with Crippen LogP contribution in [0, 0.1) is 47.3 Å². The zero-order chi connectivity index (χ0) is 33.5. The van der Waals surface area contributed by atoms with E-state index in [2.05, 4.69) is 51.0 Å². The Bertz CT molecular complexity index is 1680. The summed E-state index contributed by atoms with van der Waals surface area (Å²) in [6.07, 6.45) is 6.13. The zero-order valence-corrected chi connectivity index (χ0v) is 30.5. The number of sulfonamides is 2. The highest BCUT2D eigenvalue weighted by atomic mass is 32.2. The molecule has 0 aromatic heterocycles. The number of benzene rings is 2. The Morgan fingerprint density at radius 3 is 1.24 bits per heavy atom. The van der Waals surface area contributed by atoms with Gasteiger partial charge in [0.05, 0.1) is 9.79 Å². The van der Waals surface area contributed by atoms with Crippen molar-refractivity contribution in [3.8, 4) is 0 Å². The predicted octanol–water partition coefficient (Wildman–Crippen LogP) is 7.85. The maximum atomic E-state index is 13.3. The molecule has 0 amide bonds. The summed E-state index contributed by atoms with van der Waals surface area (Å²) in [6.45, 7) is 18.8. The molecule has 4 atom stereocenters. The van der Waals surface area contributed by atoms with E-state index in [1.165, 1.54) is 22.3 Å². The second-order valence-electron chi connectivity index (χ2n) is 16.1. The van der Waals surface area contributed by atoms with Crippen LogP contribution in [0.2, 0.25) is 0 Å². The molecule has 4 aliphatic rings. The highest BCUT2D eigenvalue weighted by molar-refractivity contribution is 7.89. The summed E-state index contributed by atoms with van der Waals surface area (Å²) in [7, 11) is -7.28. The lowest BCUT2D eigenvalue weighted by Gasteiger charge is -2.40. The van der Waals surface area contributed by atoms with Gasteiger partial charge in [0.1, 0.15) is 0 Å². The van der Waals surface area contributed by atoms with Crippen molar-refractivity contribution in [3.05, 3.63) is 82.0 Å². The van der Waals surface area contributed by atoms with E-state index in [1.54, 1.807) is 24.3 Å². The average Bonchev–Trinajstić information content (AvgIpc) is 3.49. The Labute approximate surface area is 277 Å². The van der Waals surface area contributed by atoms with Crippen molar-refractivity contribution in [2.75, 3.05) is 13.1 Å². The molecule has 4 bridgehead atoms. The molecular weight excluding hydrogens is 613 g/mol. The van der Waals surface area contributed by atoms with Crippen LogP contribution in [0.25, 0.3) is 0 Å². The van der Waals surface area contributed by atoms with Gasteiger partial charge in [-0.15, -0.1) is 0 Å². The average molecular weight is 665 g/mol. The van der Waals surface area contributed by atoms with Crippen molar-refractivity contribution in [2.45, 2.75) is 104 Å². The molecule has 2 aromatic carbocycles. The minimum Gasteiger partial charge on any atom is -0.207 e. The monoisotopic (exact) mass is 664 g/mol. The third kappa shape index (κ3) is 5.08. The zero-order valence-electron chi connectivity index (χ0n) is 28.9. The van der Waals surface area contributed by atoms with Crippen LogP contribution in [-0.2, 0) is 20.0 Å². The van der Waals surface area contributed by atoms with Crippen molar-refractivity contribution >= 4 is 20.0 Å². The topological polar surface area (TPSA) is 92.3 Å². The fraction of sp³-hybridized carbons (Fsp3) is 0.579. The summed E-state index contributed by atoms with van der Waals surface area (Å²) in [5.41, 5.74) is 7.52. The van der Waals surface area contributed by atoms with Crippen LogP contribution in [-0.4, -0.2) is 29.9 Å². The number of allylic oxidation sites excluding steroid dienone is 2. The lowest BCUT2D eigenvalue weighted by atomic mass is 9.64. The van der Waals surface area contributed by atoms with Gasteiger partial charge in [-0.25, -0.2) is 26.3 Å². The van der Waals surface area contributed by atoms with Crippen LogP contribution < -0.4 is 9.44 Å². The van der Waals surface area contributed by atoms with Gasteiger partial charge < -0.3 is 0 Å². The van der Waals surface area contributed by atoms with E-state index in [9.17, 15) is 16.8 Å². The first kappa shape index (κ1) is 33.6. The second-order valence-corrected chi connectivity index (χ2v) is 19.6. The van der Waals surface area contributed by atoms with E-state index < -0.39 is 20.0 Å². The first-order valence-electron chi connectivity index (χ1n) is 16.9. The Morgan fingerprint density at radius 2 is 0.913 bits per heavy atom. The summed E-state index contributed by atoms with van der Waals surface area (Å²) in [5.74, 6) is 0.685. The van der Waals surface area contributed by atoms with E-state index in [1.807, 2.05) is 38.1 Å². The number of aryl methyl sites for hydroxylation is 2. The maximum absolute atomic E-state index is 13.3. The Morgan fingerprint density at radius 1 is 0.587 bits per heavy atom. The van der Waals surface area contributed by atoms with Gasteiger partial charge in [0, 0.05) is 13.1 Å². The number of fused-ring (bicyclic) bond motifs is 4. The molecule has 0 radical (unpaired) electrons. The van der Waals surface area contributed by atoms with Crippen molar-refractivity contribution in [1.82, 2.24) is 9.44 Å². The van der Waals surface area contributed by atoms with Crippen molar-refractivity contribution in [2.24, 2.45) is 33.5 Å². The van der Waals surface area contributed by atoms with E-state index in [0.29, 0.717) is 34.7 Å². The molecule has 0 aliphatic heterocycles. The standard InChI is InChI=1S/C38H52N2O4S2/c1-25-9-13-27(14-10-25)45(41,42)39-23-29-31-19-21-37(7,35(31,3)4)33(29)17-18-34-30(32-20-22-38(34,8)36(32,5)6)24-40-46(43,44)28-15-11-26(2)12-16-28/h9-16,31-32,39-40H,17-24H2,1-8H3. The molecule has 0 heterocycles.